The van der Waals surface area contributed by atoms with Crippen LogP contribution in [0.2, 0.25) is 0 Å². The molecule has 6 nitrogen and oxygen atoms in total. The van der Waals surface area contributed by atoms with Crippen LogP contribution in [0.5, 0.6) is 0 Å². The average molecular weight is 401 g/mol. The van der Waals surface area contributed by atoms with Gasteiger partial charge in [0.15, 0.2) is 0 Å². The molecule has 148 valence electrons. The van der Waals surface area contributed by atoms with Crippen LogP contribution >= 0.6 is 0 Å². The van der Waals surface area contributed by atoms with E-state index in [1.807, 2.05) is 48.5 Å². The van der Waals surface area contributed by atoms with Gasteiger partial charge in [0.05, 0.1) is 5.75 Å². The molecule has 4 rings (SSSR count). The lowest BCUT2D eigenvalue weighted by Gasteiger charge is -2.28. The summed E-state index contributed by atoms with van der Waals surface area (Å²) in [6, 6.07) is 15.0. The number of amides is 1. The van der Waals surface area contributed by atoms with Crippen LogP contribution in [-0.4, -0.2) is 37.9 Å². The summed E-state index contributed by atoms with van der Waals surface area (Å²) in [5, 5.41) is 2.90. The maximum absolute atomic E-state index is 12.8. The number of nitrogens with zero attached hydrogens (tertiary/aromatic N) is 1. The Morgan fingerprint density at radius 1 is 1.14 bits per heavy atom. The lowest BCUT2D eigenvalue weighted by Crippen LogP contribution is -2.36. The van der Waals surface area contributed by atoms with Crippen molar-refractivity contribution in [2.75, 3.05) is 18.5 Å². The molecule has 0 aliphatic carbocycles. The minimum absolute atomic E-state index is 0.00137. The molecule has 28 heavy (non-hydrogen) atoms. The Bertz CT molecular complexity index is 954. The number of fused-ring (bicyclic) bond motifs is 1. The molecule has 2 aromatic rings. The van der Waals surface area contributed by atoms with E-state index in [0.717, 1.165) is 29.5 Å². The highest BCUT2D eigenvalue weighted by Gasteiger charge is 2.28. The summed E-state index contributed by atoms with van der Waals surface area (Å²) in [7, 11) is -3.40. The summed E-state index contributed by atoms with van der Waals surface area (Å²) in [4.78, 5) is 12.3. The van der Waals surface area contributed by atoms with E-state index in [-0.39, 0.29) is 11.7 Å². The lowest BCUT2D eigenvalue weighted by atomic mass is 10.0. The number of hydrogen-bond acceptors (Lipinski definition) is 4. The van der Waals surface area contributed by atoms with Gasteiger partial charge in [0, 0.05) is 25.4 Å². The van der Waals surface area contributed by atoms with Gasteiger partial charge in [0.25, 0.3) is 5.91 Å². The number of hydrogen-bond donors (Lipinski definition) is 1. The Labute approximate surface area is 165 Å². The Morgan fingerprint density at radius 2 is 1.96 bits per heavy atom. The van der Waals surface area contributed by atoms with Gasteiger partial charge >= 0.3 is 0 Å². The van der Waals surface area contributed by atoms with Gasteiger partial charge in [-0.2, -0.15) is 4.31 Å². The van der Waals surface area contributed by atoms with Crippen molar-refractivity contribution in [3.05, 3.63) is 65.2 Å². The van der Waals surface area contributed by atoms with E-state index in [0.29, 0.717) is 31.8 Å². The summed E-state index contributed by atoms with van der Waals surface area (Å²) in [6.07, 6.45) is 1.92. The van der Waals surface area contributed by atoms with Crippen molar-refractivity contribution in [2.45, 2.75) is 37.7 Å². The first kappa shape index (κ1) is 19.1. The van der Waals surface area contributed by atoms with Crippen molar-refractivity contribution < 1.29 is 17.9 Å². The molecular formula is C21H24N2O4S. The fourth-order valence-corrected chi connectivity index (χ4v) is 5.23. The smallest absolute Gasteiger partial charge is 0.253 e. The van der Waals surface area contributed by atoms with Crippen molar-refractivity contribution in [3.63, 3.8) is 0 Å². The van der Waals surface area contributed by atoms with Gasteiger partial charge in [0.1, 0.15) is 6.10 Å². The third-order valence-corrected chi connectivity index (χ3v) is 7.06. The monoisotopic (exact) mass is 400 g/mol. The molecule has 0 saturated carbocycles. The summed E-state index contributed by atoms with van der Waals surface area (Å²) >= 11 is 0. The van der Waals surface area contributed by atoms with E-state index in [1.54, 1.807) is 0 Å². The zero-order chi connectivity index (χ0) is 19.6. The summed E-state index contributed by atoms with van der Waals surface area (Å²) in [6.45, 7) is 1.43. The van der Waals surface area contributed by atoms with Crippen LogP contribution in [-0.2, 0) is 38.3 Å². The van der Waals surface area contributed by atoms with Crippen LogP contribution in [0, 0.1) is 0 Å². The number of ether oxygens (including phenoxy) is 1. The molecule has 1 saturated heterocycles. The fraction of sp³-hybridized carbons (Fsp3) is 0.381. The van der Waals surface area contributed by atoms with Gasteiger partial charge in [-0.15, -0.1) is 0 Å². The Balaban J connectivity index is 1.47. The number of carbonyl (C=O) groups excluding carboxylic acids is 1. The highest BCUT2D eigenvalue weighted by Crippen LogP contribution is 2.26. The highest BCUT2D eigenvalue weighted by molar-refractivity contribution is 7.88. The molecule has 2 aliphatic heterocycles. The minimum Gasteiger partial charge on any atom is -0.368 e. The molecule has 0 radical (unpaired) electrons. The standard InChI is InChI=1S/C21H24N2O4S/c24-21(20-7-4-12-27-20)22-19-9-8-17-10-11-23(14-18(17)13-19)28(25,26)15-16-5-2-1-3-6-16/h1-3,5-6,8-9,13,20H,4,7,10-12,14-15H2,(H,22,24)/t20-/m0/s1. The molecule has 7 heteroatoms. The normalized spacial score (nSPS) is 19.9. The van der Waals surface area contributed by atoms with Crippen LogP contribution < -0.4 is 5.32 Å². The third kappa shape index (κ3) is 4.27. The molecule has 1 fully saturated rings. The van der Waals surface area contributed by atoms with Crippen molar-refractivity contribution in [1.82, 2.24) is 4.31 Å². The Hall–Kier alpha value is -2.22. The highest BCUT2D eigenvalue weighted by atomic mass is 32.2. The Morgan fingerprint density at radius 3 is 2.71 bits per heavy atom. The number of nitrogens with one attached hydrogen (secondary N) is 1. The first-order valence-electron chi connectivity index (χ1n) is 9.57. The molecule has 1 atom stereocenters. The summed E-state index contributed by atoms with van der Waals surface area (Å²) in [5.74, 6) is -0.139. The van der Waals surface area contributed by atoms with E-state index >= 15 is 0 Å². The second-order valence-electron chi connectivity index (χ2n) is 7.30. The molecule has 1 amide bonds. The van der Waals surface area contributed by atoms with Crippen LogP contribution in [0.4, 0.5) is 5.69 Å². The Kier molecular flexibility index (Phi) is 5.48. The van der Waals surface area contributed by atoms with Gasteiger partial charge in [-0.25, -0.2) is 8.42 Å². The number of anilines is 1. The minimum atomic E-state index is -3.40. The van der Waals surface area contributed by atoms with Crippen LogP contribution in [0.25, 0.3) is 0 Å². The maximum Gasteiger partial charge on any atom is 0.253 e. The van der Waals surface area contributed by atoms with Gasteiger partial charge in [-0.3, -0.25) is 4.79 Å². The lowest BCUT2D eigenvalue weighted by molar-refractivity contribution is -0.124. The molecule has 2 aliphatic rings. The van der Waals surface area contributed by atoms with Gasteiger partial charge in [0.2, 0.25) is 10.0 Å². The summed E-state index contributed by atoms with van der Waals surface area (Å²) < 4.78 is 32.6. The molecule has 0 aromatic heterocycles. The van der Waals surface area contributed by atoms with E-state index in [9.17, 15) is 13.2 Å². The van der Waals surface area contributed by atoms with E-state index in [1.165, 1.54) is 4.31 Å². The van der Waals surface area contributed by atoms with Crippen LogP contribution in [0.15, 0.2) is 48.5 Å². The van der Waals surface area contributed by atoms with Crippen LogP contribution in [0.3, 0.4) is 0 Å². The quantitative estimate of drug-likeness (QED) is 0.837. The molecular weight excluding hydrogens is 376 g/mol. The number of sulfonamides is 1. The first-order valence-corrected chi connectivity index (χ1v) is 11.2. The zero-order valence-electron chi connectivity index (χ0n) is 15.6. The predicted molar refractivity (Wildman–Crippen MR) is 107 cm³/mol. The average Bonchev–Trinajstić information content (AvgIpc) is 3.23. The molecule has 2 aromatic carbocycles. The third-order valence-electron chi connectivity index (χ3n) is 5.26. The molecule has 0 unspecified atom stereocenters. The van der Waals surface area contributed by atoms with Gasteiger partial charge < -0.3 is 10.1 Å². The molecule has 1 N–H and O–H groups in total. The van der Waals surface area contributed by atoms with Crippen molar-refractivity contribution in [2.24, 2.45) is 0 Å². The molecule has 0 spiro atoms. The van der Waals surface area contributed by atoms with Crippen molar-refractivity contribution in [3.8, 4) is 0 Å². The second-order valence-corrected chi connectivity index (χ2v) is 9.27. The van der Waals surface area contributed by atoms with E-state index in [4.69, 9.17) is 4.74 Å². The van der Waals surface area contributed by atoms with Crippen molar-refractivity contribution in [1.29, 1.82) is 0 Å². The zero-order valence-corrected chi connectivity index (χ0v) is 16.5. The topological polar surface area (TPSA) is 75.7 Å². The fourth-order valence-electron chi connectivity index (χ4n) is 3.73. The largest absolute Gasteiger partial charge is 0.368 e. The number of rotatable bonds is 5. The maximum atomic E-state index is 12.8. The van der Waals surface area contributed by atoms with E-state index < -0.39 is 16.1 Å². The van der Waals surface area contributed by atoms with Gasteiger partial charge in [-0.1, -0.05) is 36.4 Å². The SMILES string of the molecule is O=C(Nc1ccc2c(c1)CN(S(=O)(=O)Cc1ccccc1)CC2)[C@@H]1CCCO1. The predicted octanol–water partition coefficient (Wildman–Crippen LogP) is 2.69. The molecule has 0 bridgehead atoms. The number of benzene rings is 2. The molecule has 2 heterocycles. The first-order chi connectivity index (χ1) is 13.5. The van der Waals surface area contributed by atoms with E-state index in [2.05, 4.69) is 5.32 Å². The van der Waals surface area contributed by atoms with Gasteiger partial charge in [-0.05, 0) is 48.1 Å². The number of carbonyl (C=O) groups is 1. The van der Waals surface area contributed by atoms with Crippen LogP contribution in [0.1, 0.15) is 29.5 Å². The van der Waals surface area contributed by atoms with Crippen molar-refractivity contribution >= 4 is 21.6 Å². The second kappa shape index (κ2) is 8.03. The summed E-state index contributed by atoms with van der Waals surface area (Å²) in [5.41, 5.74) is 3.53.